The Morgan fingerprint density at radius 1 is 1.35 bits per heavy atom. The Bertz CT molecular complexity index is 387. The molecule has 1 fully saturated rings. The molecule has 1 aromatic carbocycles. The third kappa shape index (κ3) is 3.30. The average Bonchev–Trinajstić information content (AvgIpc) is 3.15. The van der Waals surface area contributed by atoms with E-state index in [1.54, 1.807) is 0 Å². The molecule has 4 heteroatoms. The molecule has 1 saturated carbocycles. The quantitative estimate of drug-likeness (QED) is 0.908. The molecule has 2 N–H and O–H groups in total. The number of hydrogen-bond acceptors (Lipinski definition) is 2. The summed E-state index contributed by atoms with van der Waals surface area (Å²) in [4.78, 5) is 14.0. The molecule has 1 aliphatic rings. The summed E-state index contributed by atoms with van der Waals surface area (Å²) >= 11 is 3.40. The van der Waals surface area contributed by atoms with Crippen LogP contribution < -0.4 is 10.6 Å². The number of anilines is 1. The Morgan fingerprint density at radius 3 is 2.53 bits per heavy atom. The molecule has 0 unspecified atom stereocenters. The van der Waals surface area contributed by atoms with Crippen molar-refractivity contribution < 1.29 is 4.79 Å². The molecular formula is C13H17BrN2O. The van der Waals surface area contributed by atoms with Gasteiger partial charge in [0.15, 0.2) is 0 Å². The molecule has 1 aromatic rings. The summed E-state index contributed by atoms with van der Waals surface area (Å²) in [7, 11) is 0. The molecule has 3 nitrogen and oxygen atoms in total. The van der Waals surface area contributed by atoms with E-state index in [1.807, 2.05) is 29.2 Å². The Kier molecular flexibility index (Phi) is 4.18. The second-order valence-corrected chi connectivity index (χ2v) is 5.30. The van der Waals surface area contributed by atoms with Crippen molar-refractivity contribution in [3.8, 4) is 0 Å². The van der Waals surface area contributed by atoms with Crippen LogP contribution in [0.3, 0.4) is 0 Å². The van der Waals surface area contributed by atoms with E-state index in [1.165, 1.54) is 0 Å². The molecule has 92 valence electrons. The maximum atomic E-state index is 12.2. The van der Waals surface area contributed by atoms with E-state index in [-0.39, 0.29) is 11.8 Å². The molecule has 17 heavy (non-hydrogen) atoms. The standard InChI is InChI=1S/C13H17BrN2O/c14-11-4-6-12(7-5-11)16(9-1-8-15)13(17)10-2-3-10/h4-7,10H,1-3,8-9,15H2. The van der Waals surface area contributed by atoms with Gasteiger partial charge in [-0.25, -0.2) is 0 Å². The normalized spacial score (nSPS) is 14.7. The molecule has 0 spiro atoms. The molecule has 0 saturated heterocycles. The van der Waals surface area contributed by atoms with E-state index < -0.39 is 0 Å². The van der Waals surface area contributed by atoms with Crippen molar-refractivity contribution in [1.29, 1.82) is 0 Å². The van der Waals surface area contributed by atoms with Crippen molar-refractivity contribution in [2.45, 2.75) is 19.3 Å². The first-order valence-corrected chi connectivity index (χ1v) is 6.78. The Labute approximate surface area is 110 Å². The number of carbonyl (C=O) groups excluding carboxylic acids is 1. The number of carbonyl (C=O) groups is 1. The van der Waals surface area contributed by atoms with E-state index in [9.17, 15) is 4.79 Å². The number of amides is 1. The van der Waals surface area contributed by atoms with Gasteiger partial charge in [-0.3, -0.25) is 4.79 Å². The van der Waals surface area contributed by atoms with E-state index in [4.69, 9.17) is 5.73 Å². The van der Waals surface area contributed by atoms with Crippen LogP contribution in [-0.4, -0.2) is 19.0 Å². The molecule has 0 bridgehead atoms. The molecule has 1 amide bonds. The highest BCUT2D eigenvalue weighted by Gasteiger charge is 2.33. The lowest BCUT2D eigenvalue weighted by atomic mass is 10.2. The minimum absolute atomic E-state index is 0.247. The zero-order valence-corrected chi connectivity index (χ0v) is 11.3. The Balaban J connectivity index is 2.13. The topological polar surface area (TPSA) is 46.3 Å². The van der Waals surface area contributed by atoms with Crippen LogP contribution in [0, 0.1) is 5.92 Å². The molecule has 0 aromatic heterocycles. The van der Waals surface area contributed by atoms with Gasteiger partial charge in [-0.15, -0.1) is 0 Å². The lowest BCUT2D eigenvalue weighted by molar-refractivity contribution is -0.119. The third-order valence-corrected chi connectivity index (χ3v) is 3.45. The summed E-state index contributed by atoms with van der Waals surface area (Å²) in [5.74, 6) is 0.497. The number of hydrogen-bond donors (Lipinski definition) is 1. The molecule has 0 aliphatic heterocycles. The highest BCUT2D eigenvalue weighted by atomic mass is 79.9. The average molecular weight is 297 g/mol. The van der Waals surface area contributed by atoms with Crippen LogP contribution >= 0.6 is 15.9 Å². The minimum Gasteiger partial charge on any atom is -0.330 e. The van der Waals surface area contributed by atoms with Crippen LogP contribution in [-0.2, 0) is 4.79 Å². The van der Waals surface area contributed by atoms with Crippen LogP contribution in [0.5, 0.6) is 0 Å². The molecule has 1 aliphatic carbocycles. The largest absolute Gasteiger partial charge is 0.330 e. The van der Waals surface area contributed by atoms with Gasteiger partial charge in [-0.2, -0.15) is 0 Å². The molecule has 0 heterocycles. The van der Waals surface area contributed by atoms with E-state index >= 15 is 0 Å². The SMILES string of the molecule is NCCCN(C(=O)C1CC1)c1ccc(Br)cc1. The van der Waals surface area contributed by atoms with Gasteiger partial charge < -0.3 is 10.6 Å². The summed E-state index contributed by atoms with van der Waals surface area (Å²) in [5, 5.41) is 0. The van der Waals surface area contributed by atoms with E-state index in [0.717, 1.165) is 29.4 Å². The van der Waals surface area contributed by atoms with Crippen LogP contribution in [0.4, 0.5) is 5.69 Å². The summed E-state index contributed by atoms with van der Waals surface area (Å²) in [5.41, 5.74) is 6.50. The van der Waals surface area contributed by atoms with Gasteiger partial charge in [0.25, 0.3) is 0 Å². The fourth-order valence-electron chi connectivity index (χ4n) is 1.79. The first-order chi connectivity index (χ1) is 8.22. The number of benzene rings is 1. The van der Waals surface area contributed by atoms with Crippen LogP contribution in [0.25, 0.3) is 0 Å². The van der Waals surface area contributed by atoms with Crippen molar-refractivity contribution in [2.75, 3.05) is 18.0 Å². The lowest BCUT2D eigenvalue weighted by Crippen LogP contribution is -2.34. The monoisotopic (exact) mass is 296 g/mol. The van der Waals surface area contributed by atoms with Crippen molar-refractivity contribution >= 4 is 27.5 Å². The van der Waals surface area contributed by atoms with Crippen molar-refractivity contribution in [3.63, 3.8) is 0 Å². The molecule has 2 rings (SSSR count). The Morgan fingerprint density at radius 2 is 2.00 bits per heavy atom. The van der Waals surface area contributed by atoms with Crippen LogP contribution in [0.1, 0.15) is 19.3 Å². The van der Waals surface area contributed by atoms with E-state index in [0.29, 0.717) is 13.1 Å². The van der Waals surface area contributed by atoms with Gasteiger partial charge in [0.2, 0.25) is 5.91 Å². The maximum Gasteiger partial charge on any atom is 0.230 e. The second-order valence-electron chi connectivity index (χ2n) is 4.38. The van der Waals surface area contributed by atoms with Gasteiger partial charge in [-0.1, -0.05) is 15.9 Å². The zero-order valence-electron chi connectivity index (χ0n) is 9.73. The second kappa shape index (κ2) is 5.65. The number of nitrogens with two attached hydrogens (primary N) is 1. The van der Waals surface area contributed by atoms with Gasteiger partial charge in [0, 0.05) is 22.6 Å². The van der Waals surface area contributed by atoms with Crippen molar-refractivity contribution in [3.05, 3.63) is 28.7 Å². The minimum atomic E-state index is 0.247. The summed E-state index contributed by atoms with van der Waals surface area (Å²) in [6.45, 7) is 1.33. The van der Waals surface area contributed by atoms with Gasteiger partial charge in [-0.05, 0) is 50.1 Å². The van der Waals surface area contributed by atoms with Gasteiger partial charge >= 0.3 is 0 Å². The highest BCUT2D eigenvalue weighted by Crippen LogP contribution is 2.33. The molecule has 0 radical (unpaired) electrons. The summed E-state index contributed by atoms with van der Waals surface area (Å²) in [6, 6.07) is 7.87. The summed E-state index contributed by atoms with van der Waals surface area (Å²) < 4.78 is 1.03. The number of rotatable bonds is 5. The van der Waals surface area contributed by atoms with E-state index in [2.05, 4.69) is 15.9 Å². The first-order valence-electron chi connectivity index (χ1n) is 5.99. The van der Waals surface area contributed by atoms with Crippen molar-refractivity contribution in [1.82, 2.24) is 0 Å². The number of nitrogens with zero attached hydrogens (tertiary/aromatic N) is 1. The fraction of sp³-hybridized carbons (Fsp3) is 0.462. The number of halogens is 1. The third-order valence-electron chi connectivity index (χ3n) is 2.92. The molecular weight excluding hydrogens is 280 g/mol. The van der Waals surface area contributed by atoms with Crippen LogP contribution in [0.15, 0.2) is 28.7 Å². The zero-order chi connectivity index (χ0) is 12.3. The predicted octanol–water partition coefficient (Wildman–Crippen LogP) is 2.54. The first kappa shape index (κ1) is 12.6. The molecule has 0 atom stereocenters. The van der Waals surface area contributed by atoms with Crippen LogP contribution in [0.2, 0.25) is 0 Å². The smallest absolute Gasteiger partial charge is 0.230 e. The lowest BCUT2D eigenvalue weighted by Gasteiger charge is -2.22. The van der Waals surface area contributed by atoms with Crippen molar-refractivity contribution in [2.24, 2.45) is 11.7 Å². The highest BCUT2D eigenvalue weighted by molar-refractivity contribution is 9.10. The Hall–Kier alpha value is -0.870. The maximum absolute atomic E-state index is 12.2. The summed E-state index contributed by atoms with van der Waals surface area (Å²) in [6.07, 6.45) is 2.91. The van der Waals surface area contributed by atoms with Gasteiger partial charge in [0.05, 0.1) is 0 Å². The fourth-order valence-corrected chi connectivity index (χ4v) is 2.05. The predicted molar refractivity (Wildman–Crippen MR) is 72.9 cm³/mol. The van der Waals surface area contributed by atoms with Gasteiger partial charge in [0.1, 0.15) is 0 Å².